The van der Waals surface area contributed by atoms with Gasteiger partial charge >= 0.3 is 0 Å². The number of Topliss-reactive ketones (excluding diaryl/α,β-unsaturated/α-hetero) is 1. The van der Waals surface area contributed by atoms with Crippen LogP contribution in [0.25, 0.3) is 0 Å². The van der Waals surface area contributed by atoms with Gasteiger partial charge in [-0.05, 0) is 42.5 Å². The Labute approximate surface area is 174 Å². The molecule has 158 valence electrons. The Balaban J connectivity index is 1.48. The van der Waals surface area contributed by atoms with Gasteiger partial charge in [0.05, 0.1) is 31.9 Å². The summed E-state index contributed by atoms with van der Waals surface area (Å²) in [5.74, 6) is 0.895. The van der Waals surface area contributed by atoms with Gasteiger partial charge in [0.1, 0.15) is 17.1 Å². The van der Waals surface area contributed by atoms with Gasteiger partial charge in [-0.2, -0.15) is 0 Å². The third kappa shape index (κ3) is 3.97. The highest BCUT2D eigenvalue weighted by Gasteiger charge is 2.47. The number of fused-ring (bicyclic) bond motifs is 1. The van der Waals surface area contributed by atoms with E-state index in [1.54, 1.807) is 54.5 Å². The number of likely N-dealkylation sites (tertiary alicyclic amines) is 1. The summed E-state index contributed by atoms with van der Waals surface area (Å²) in [5, 5.41) is 0. The lowest BCUT2D eigenvalue weighted by molar-refractivity contribution is 0.0427. The van der Waals surface area contributed by atoms with Crippen molar-refractivity contribution in [3.63, 3.8) is 0 Å². The first-order valence-electron chi connectivity index (χ1n) is 9.45. The molecule has 2 aromatic rings. The third-order valence-corrected chi connectivity index (χ3v) is 5.94. The molecule has 1 amide bonds. The lowest BCUT2D eigenvalue weighted by Gasteiger charge is -2.34. The monoisotopic (exact) mass is 430 g/mol. The fourth-order valence-corrected chi connectivity index (χ4v) is 4.49. The molecule has 1 fully saturated rings. The molecule has 1 spiro atoms. The summed E-state index contributed by atoms with van der Waals surface area (Å²) in [4.78, 5) is 27.3. The van der Waals surface area contributed by atoms with Crippen molar-refractivity contribution in [1.82, 2.24) is 4.90 Å². The maximum atomic E-state index is 12.9. The van der Waals surface area contributed by atoms with Crippen LogP contribution in [0.5, 0.6) is 11.5 Å². The number of carbonyl (C=O) groups excluding carboxylic acids is 2. The van der Waals surface area contributed by atoms with E-state index in [4.69, 9.17) is 9.47 Å². The fourth-order valence-electron chi connectivity index (χ4n) is 3.92. The number of hydrogen-bond donors (Lipinski definition) is 1. The summed E-state index contributed by atoms with van der Waals surface area (Å²) in [5.41, 5.74) is 0.601. The molecule has 4 rings (SSSR count). The van der Waals surface area contributed by atoms with Crippen molar-refractivity contribution >= 4 is 27.4 Å². The number of nitrogens with one attached hydrogen (secondary N) is 1. The zero-order valence-electron chi connectivity index (χ0n) is 16.7. The number of methoxy groups -OCH3 is 1. The van der Waals surface area contributed by atoms with Gasteiger partial charge in [-0.1, -0.05) is 0 Å². The molecular formula is C21H22N2O6S. The molecule has 0 aromatic heterocycles. The molecule has 1 saturated heterocycles. The second-order valence-corrected chi connectivity index (χ2v) is 9.42. The number of benzene rings is 2. The van der Waals surface area contributed by atoms with Crippen molar-refractivity contribution in [2.75, 3.05) is 31.2 Å². The first-order valence-corrected chi connectivity index (χ1v) is 11.3. The summed E-state index contributed by atoms with van der Waals surface area (Å²) in [6.07, 6.45) is 1.83. The van der Waals surface area contributed by atoms with Crippen molar-refractivity contribution in [3.05, 3.63) is 53.6 Å². The highest BCUT2D eigenvalue weighted by molar-refractivity contribution is 7.92. The highest BCUT2D eigenvalue weighted by Crippen LogP contribution is 2.40. The van der Waals surface area contributed by atoms with E-state index in [9.17, 15) is 18.0 Å². The van der Waals surface area contributed by atoms with Crippen LogP contribution >= 0.6 is 0 Å². The number of sulfonamides is 1. The van der Waals surface area contributed by atoms with Gasteiger partial charge in [0.25, 0.3) is 5.91 Å². The van der Waals surface area contributed by atoms with Crippen LogP contribution in [0.3, 0.4) is 0 Å². The summed E-state index contributed by atoms with van der Waals surface area (Å²) in [6.45, 7) is 0.785. The number of anilines is 1. The number of hydrogen-bond acceptors (Lipinski definition) is 6. The minimum absolute atomic E-state index is 0.0272. The van der Waals surface area contributed by atoms with Gasteiger partial charge in [0.2, 0.25) is 10.0 Å². The smallest absolute Gasteiger partial charge is 0.253 e. The summed E-state index contributed by atoms with van der Waals surface area (Å²) < 4.78 is 36.4. The Kier molecular flexibility index (Phi) is 4.93. The van der Waals surface area contributed by atoms with Gasteiger partial charge in [-0.25, -0.2) is 8.42 Å². The van der Waals surface area contributed by atoms with Crippen molar-refractivity contribution in [2.24, 2.45) is 0 Å². The first-order chi connectivity index (χ1) is 14.2. The first kappa shape index (κ1) is 20.2. The molecule has 1 atom stereocenters. The van der Waals surface area contributed by atoms with Crippen LogP contribution in [0.1, 0.15) is 33.6 Å². The summed E-state index contributed by atoms with van der Waals surface area (Å²) in [7, 11) is -1.84. The Morgan fingerprint density at radius 3 is 2.60 bits per heavy atom. The Bertz CT molecular complexity index is 1110. The topological polar surface area (TPSA) is 102 Å². The number of ether oxygens (including phenoxy) is 2. The quantitative estimate of drug-likeness (QED) is 0.799. The molecule has 0 bridgehead atoms. The number of nitrogens with zero attached hydrogens (tertiary/aromatic N) is 1. The van der Waals surface area contributed by atoms with Gasteiger partial charge in [-0.3, -0.25) is 14.3 Å². The van der Waals surface area contributed by atoms with E-state index >= 15 is 0 Å². The van der Waals surface area contributed by atoms with E-state index in [0.29, 0.717) is 47.8 Å². The Hall–Kier alpha value is -3.07. The predicted molar refractivity (Wildman–Crippen MR) is 111 cm³/mol. The van der Waals surface area contributed by atoms with E-state index in [2.05, 4.69) is 4.72 Å². The molecule has 1 N–H and O–H groups in total. The molecule has 2 aromatic carbocycles. The number of ketones is 1. The number of amides is 1. The zero-order chi connectivity index (χ0) is 21.5. The van der Waals surface area contributed by atoms with Gasteiger partial charge in [-0.15, -0.1) is 0 Å². The molecular weight excluding hydrogens is 408 g/mol. The predicted octanol–water partition coefficient (Wildman–Crippen LogP) is 2.32. The van der Waals surface area contributed by atoms with Crippen LogP contribution in [-0.4, -0.2) is 57.1 Å². The minimum Gasteiger partial charge on any atom is -0.497 e. The summed E-state index contributed by atoms with van der Waals surface area (Å²) in [6, 6.07) is 11.4. The maximum Gasteiger partial charge on any atom is 0.253 e. The molecule has 2 heterocycles. The lowest BCUT2D eigenvalue weighted by atomic mass is 9.89. The average molecular weight is 430 g/mol. The second kappa shape index (κ2) is 7.32. The van der Waals surface area contributed by atoms with E-state index in [1.165, 1.54) is 0 Å². The standard InChI is InChI=1S/C21H22N2O6S/c1-28-16-7-8-19-17(11-16)18(24)12-21(29-19)9-10-23(13-21)20(25)14-3-5-15(6-4-14)22-30(2,26)27/h3-8,11,22H,9-10,12-13H2,1-2H3. The fraction of sp³-hybridized carbons (Fsp3) is 0.333. The van der Waals surface area contributed by atoms with Gasteiger partial charge < -0.3 is 14.4 Å². The van der Waals surface area contributed by atoms with Gasteiger partial charge in [0.15, 0.2) is 5.78 Å². The average Bonchev–Trinajstić information content (AvgIpc) is 3.09. The second-order valence-electron chi connectivity index (χ2n) is 7.68. The maximum absolute atomic E-state index is 12.9. The third-order valence-electron chi connectivity index (χ3n) is 5.33. The van der Waals surface area contributed by atoms with Gasteiger partial charge in [0, 0.05) is 24.2 Å². The molecule has 0 aliphatic carbocycles. The molecule has 30 heavy (non-hydrogen) atoms. The van der Waals surface area contributed by atoms with E-state index < -0.39 is 15.6 Å². The van der Waals surface area contributed by atoms with Crippen LogP contribution in [0.4, 0.5) is 5.69 Å². The van der Waals surface area contributed by atoms with Crippen molar-refractivity contribution in [2.45, 2.75) is 18.4 Å². The molecule has 9 heteroatoms. The minimum atomic E-state index is -3.38. The lowest BCUT2D eigenvalue weighted by Crippen LogP contribution is -2.45. The van der Waals surface area contributed by atoms with Crippen molar-refractivity contribution < 1.29 is 27.5 Å². The van der Waals surface area contributed by atoms with Crippen LogP contribution in [0, 0.1) is 0 Å². The molecule has 2 aliphatic heterocycles. The van der Waals surface area contributed by atoms with Crippen LogP contribution in [-0.2, 0) is 10.0 Å². The van der Waals surface area contributed by atoms with E-state index in [0.717, 1.165) is 6.26 Å². The zero-order valence-corrected chi connectivity index (χ0v) is 17.5. The molecule has 0 radical (unpaired) electrons. The normalized spacial score (nSPS) is 20.6. The molecule has 1 unspecified atom stereocenters. The molecule has 0 saturated carbocycles. The van der Waals surface area contributed by atoms with Crippen molar-refractivity contribution in [3.8, 4) is 11.5 Å². The molecule has 2 aliphatic rings. The van der Waals surface area contributed by atoms with Crippen molar-refractivity contribution in [1.29, 1.82) is 0 Å². The summed E-state index contributed by atoms with van der Waals surface area (Å²) >= 11 is 0. The largest absolute Gasteiger partial charge is 0.497 e. The van der Waals surface area contributed by atoms with Crippen LogP contribution < -0.4 is 14.2 Å². The Morgan fingerprint density at radius 2 is 1.93 bits per heavy atom. The van der Waals surface area contributed by atoms with E-state index in [1.807, 2.05) is 0 Å². The molecule has 8 nitrogen and oxygen atoms in total. The number of carbonyl (C=O) groups is 2. The van der Waals surface area contributed by atoms with Crippen LogP contribution in [0.2, 0.25) is 0 Å². The van der Waals surface area contributed by atoms with Crippen LogP contribution in [0.15, 0.2) is 42.5 Å². The Morgan fingerprint density at radius 1 is 1.20 bits per heavy atom. The number of rotatable bonds is 4. The highest BCUT2D eigenvalue weighted by atomic mass is 32.2. The SMILES string of the molecule is COc1ccc2c(c1)C(=O)CC1(CCN(C(=O)c3ccc(NS(C)(=O)=O)cc3)C1)O2. The van der Waals surface area contributed by atoms with E-state index in [-0.39, 0.29) is 18.1 Å².